The van der Waals surface area contributed by atoms with Gasteiger partial charge in [0.1, 0.15) is 5.01 Å². The number of thiazole rings is 1. The third kappa shape index (κ3) is 3.25. The van der Waals surface area contributed by atoms with E-state index in [0.717, 1.165) is 21.3 Å². The predicted octanol–water partition coefficient (Wildman–Crippen LogP) is 4.25. The molecule has 4 rings (SSSR count). The summed E-state index contributed by atoms with van der Waals surface area (Å²) in [6, 6.07) is 15.3. The molecule has 0 amide bonds. The number of nitrogens with zero attached hydrogens (tertiary/aromatic N) is 3. The zero-order valence-corrected chi connectivity index (χ0v) is 13.9. The maximum Gasteiger partial charge on any atom is 0.307 e. The fraction of sp³-hybridized carbons (Fsp3) is 0.0526. The summed E-state index contributed by atoms with van der Waals surface area (Å²) >= 11 is 1.48. The Labute approximate surface area is 147 Å². The first-order valence-corrected chi connectivity index (χ1v) is 8.51. The summed E-state index contributed by atoms with van der Waals surface area (Å²) in [5.74, 6) is -0.903. The predicted molar refractivity (Wildman–Crippen MR) is 99.3 cm³/mol. The second-order valence-corrected chi connectivity index (χ2v) is 6.54. The minimum atomic E-state index is -0.903. The number of carbonyl (C=O) groups is 1. The van der Waals surface area contributed by atoms with E-state index in [9.17, 15) is 9.90 Å². The van der Waals surface area contributed by atoms with Gasteiger partial charge in [-0.25, -0.2) is 9.97 Å². The first-order chi connectivity index (χ1) is 12.2. The zero-order valence-electron chi connectivity index (χ0n) is 13.1. The van der Waals surface area contributed by atoms with Crippen LogP contribution in [0.2, 0.25) is 0 Å². The van der Waals surface area contributed by atoms with Gasteiger partial charge in [-0.05, 0) is 30.3 Å². The van der Waals surface area contributed by atoms with Crippen molar-refractivity contribution in [2.45, 2.75) is 6.42 Å². The second kappa shape index (κ2) is 6.41. The van der Waals surface area contributed by atoms with Crippen molar-refractivity contribution < 1.29 is 9.90 Å². The van der Waals surface area contributed by atoms with E-state index in [0.29, 0.717) is 16.3 Å². The second-order valence-electron chi connectivity index (χ2n) is 5.51. The Morgan fingerprint density at radius 3 is 2.48 bits per heavy atom. The fourth-order valence-corrected chi connectivity index (χ4v) is 3.56. The number of aliphatic carboxylic acids is 1. The molecule has 0 spiro atoms. The summed E-state index contributed by atoms with van der Waals surface area (Å²) in [5, 5.41) is 9.96. The number of carboxylic acids is 1. The van der Waals surface area contributed by atoms with Gasteiger partial charge in [0, 0.05) is 5.57 Å². The molecule has 0 aliphatic rings. The van der Waals surface area contributed by atoms with Crippen LogP contribution in [0.1, 0.15) is 17.1 Å². The summed E-state index contributed by atoms with van der Waals surface area (Å²) in [4.78, 5) is 24.8. The van der Waals surface area contributed by atoms with Crippen molar-refractivity contribution in [2.75, 3.05) is 0 Å². The molecule has 0 fully saturated rings. The number of hydrogen-bond donors (Lipinski definition) is 1. The van der Waals surface area contributed by atoms with Crippen molar-refractivity contribution in [1.29, 1.82) is 0 Å². The standard InChI is InChI=1S/C19H13N3O2S/c23-18(24)10-12(19-22-16-7-3-4-8-17(16)25-19)9-13-11-20-14-5-1-2-6-15(14)21-13/h1-9,11H,10H2,(H,23,24)/b12-9+. The molecule has 0 aliphatic heterocycles. The lowest BCUT2D eigenvalue weighted by molar-refractivity contribution is -0.135. The van der Waals surface area contributed by atoms with Crippen molar-refractivity contribution in [2.24, 2.45) is 0 Å². The maximum absolute atomic E-state index is 11.3. The van der Waals surface area contributed by atoms with Crippen LogP contribution in [0, 0.1) is 0 Å². The summed E-state index contributed by atoms with van der Waals surface area (Å²) in [6.07, 6.45) is 3.29. The van der Waals surface area contributed by atoms with Gasteiger partial charge < -0.3 is 5.11 Å². The van der Waals surface area contributed by atoms with E-state index in [4.69, 9.17) is 0 Å². The lowest BCUT2D eigenvalue weighted by Gasteiger charge is -2.02. The molecule has 0 unspecified atom stereocenters. The molecule has 2 aromatic carbocycles. The number of hydrogen-bond acceptors (Lipinski definition) is 5. The Hall–Kier alpha value is -3.12. The summed E-state index contributed by atoms with van der Waals surface area (Å²) in [7, 11) is 0. The van der Waals surface area contributed by atoms with Gasteiger partial charge in [-0.1, -0.05) is 24.3 Å². The molecule has 6 heteroatoms. The van der Waals surface area contributed by atoms with Crippen molar-refractivity contribution in [1.82, 2.24) is 15.0 Å². The molecule has 122 valence electrons. The summed E-state index contributed by atoms with van der Waals surface area (Å²) < 4.78 is 1.03. The van der Waals surface area contributed by atoms with E-state index in [1.165, 1.54) is 11.3 Å². The molecule has 1 N–H and O–H groups in total. The highest BCUT2D eigenvalue weighted by atomic mass is 32.1. The van der Waals surface area contributed by atoms with Crippen LogP contribution in [0.15, 0.2) is 54.7 Å². The molecule has 2 aromatic heterocycles. The molecule has 25 heavy (non-hydrogen) atoms. The third-order valence-electron chi connectivity index (χ3n) is 3.70. The fourth-order valence-electron chi connectivity index (χ4n) is 2.58. The van der Waals surface area contributed by atoms with E-state index in [-0.39, 0.29) is 6.42 Å². The van der Waals surface area contributed by atoms with Crippen LogP contribution in [0.25, 0.3) is 32.9 Å². The molecular formula is C19H13N3O2S. The molecule has 0 aliphatic carbocycles. The molecular weight excluding hydrogens is 334 g/mol. The van der Waals surface area contributed by atoms with Crippen LogP contribution in [0.3, 0.4) is 0 Å². The average Bonchev–Trinajstić information content (AvgIpc) is 3.05. The van der Waals surface area contributed by atoms with E-state index >= 15 is 0 Å². The minimum absolute atomic E-state index is 0.117. The van der Waals surface area contributed by atoms with Gasteiger partial charge in [-0.15, -0.1) is 11.3 Å². The molecule has 5 nitrogen and oxygen atoms in total. The molecule has 0 saturated carbocycles. The Morgan fingerprint density at radius 2 is 1.72 bits per heavy atom. The minimum Gasteiger partial charge on any atom is -0.481 e. The highest BCUT2D eigenvalue weighted by Gasteiger charge is 2.13. The first kappa shape index (κ1) is 15.4. The molecule has 0 radical (unpaired) electrons. The Balaban J connectivity index is 1.81. The first-order valence-electron chi connectivity index (χ1n) is 7.69. The molecule has 0 bridgehead atoms. The molecule has 4 aromatic rings. The Morgan fingerprint density at radius 1 is 1.00 bits per heavy atom. The molecule has 2 heterocycles. The van der Waals surface area contributed by atoms with Gasteiger partial charge in [0.15, 0.2) is 0 Å². The van der Waals surface area contributed by atoms with Crippen LogP contribution in [0.5, 0.6) is 0 Å². The van der Waals surface area contributed by atoms with E-state index in [2.05, 4.69) is 15.0 Å². The summed E-state index contributed by atoms with van der Waals surface area (Å²) in [5.41, 5.74) is 3.69. The van der Waals surface area contributed by atoms with Crippen molar-refractivity contribution in [3.05, 3.63) is 65.4 Å². The van der Waals surface area contributed by atoms with Gasteiger partial charge in [0.25, 0.3) is 0 Å². The van der Waals surface area contributed by atoms with Crippen LogP contribution >= 0.6 is 11.3 Å². The Kier molecular flexibility index (Phi) is 3.95. The number of rotatable bonds is 4. The van der Waals surface area contributed by atoms with Gasteiger partial charge in [-0.3, -0.25) is 9.78 Å². The van der Waals surface area contributed by atoms with Crippen molar-refractivity contribution in [3.63, 3.8) is 0 Å². The number of aromatic nitrogens is 3. The van der Waals surface area contributed by atoms with Crippen LogP contribution < -0.4 is 0 Å². The van der Waals surface area contributed by atoms with E-state index in [1.54, 1.807) is 12.3 Å². The van der Waals surface area contributed by atoms with E-state index in [1.807, 2.05) is 48.5 Å². The van der Waals surface area contributed by atoms with Crippen molar-refractivity contribution in [3.8, 4) is 0 Å². The SMILES string of the molecule is O=C(O)C/C(=C\c1cnc2ccccc2n1)c1nc2ccccc2s1. The number of benzene rings is 2. The zero-order chi connectivity index (χ0) is 17.2. The van der Waals surface area contributed by atoms with Gasteiger partial charge >= 0.3 is 5.97 Å². The maximum atomic E-state index is 11.3. The van der Waals surface area contributed by atoms with Gasteiger partial charge in [0.05, 0.1) is 39.6 Å². The van der Waals surface area contributed by atoms with Crippen LogP contribution in [0.4, 0.5) is 0 Å². The summed E-state index contributed by atoms with van der Waals surface area (Å²) in [6.45, 7) is 0. The monoisotopic (exact) mass is 347 g/mol. The Bertz CT molecular complexity index is 1080. The quantitative estimate of drug-likeness (QED) is 0.597. The smallest absolute Gasteiger partial charge is 0.307 e. The number of fused-ring (bicyclic) bond motifs is 2. The van der Waals surface area contributed by atoms with Crippen LogP contribution in [-0.4, -0.2) is 26.0 Å². The lowest BCUT2D eigenvalue weighted by Crippen LogP contribution is -1.97. The normalized spacial score (nSPS) is 11.9. The third-order valence-corrected chi connectivity index (χ3v) is 4.81. The molecule has 0 saturated heterocycles. The number of para-hydroxylation sites is 3. The number of carboxylic acid groups (broad SMARTS) is 1. The average molecular weight is 347 g/mol. The van der Waals surface area contributed by atoms with Gasteiger partial charge in [0.2, 0.25) is 0 Å². The van der Waals surface area contributed by atoms with Gasteiger partial charge in [-0.2, -0.15) is 0 Å². The topological polar surface area (TPSA) is 76.0 Å². The van der Waals surface area contributed by atoms with E-state index < -0.39 is 5.97 Å². The van der Waals surface area contributed by atoms with Crippen molar-refractivity contribution >= 4 is 50.2 Å². The lowest BCUT2D eigenvalue weighted by atomic mass is 10.1. The highest BCUT2D eigenvalue weighted by molar-refractivity contribution is 7.19. The van der Waals surface area contributed by atoms with Crippen LogP contribution in [-0.2, 0) is 4.79 Å². The highest BCUT2D eigenvalue weighted by Crippen LogP contribution is 2.30. The molecule has 0 atom stereocenters. The largest absolute Gasteiger partial charge is 0.481 e.